The summed E-state index contributed by atoms with van der Waals surface area (Å²) >= 11 is 1.37. The molecule has 4 saturated carbocycles. The molecule has 2 unspecified atom stereocenters. The fourth-order valence-corrected chi connectivity index (χ4v) is 13.0. The summed E-state index contributed by atoms with van der Waals surface area (Å²) in [6.07, 6.45) is 8.81. The van der Waals surface area contributed by atoms with Gasteiger partial charge in [0.05, 0.1) is 28.6 Å². The molecule has 3 aromatic heterocycles. The van der Waals surface area contributed by atoms with Crippen LogP contribution in [0.25, 0.3) is 21.3 Å². The molecule has 60 heavy (non-hydrogen) atoms. The molecule has 4 N–H and O–H groups in total. The van der Waals surface area contributed by atoms with Crippen molar-refractivity contribution < 1.29 is 34.1 Å². The van der Waals surface area contributed by atoms with E-state index in [4.69, 9.17) is 19.6 Å². The molecule has 0 saturated heterocycles. The second-order valence-corrected chi connectivity index (χ2v) is 19.4. The average Bonchev–Trinajstić information content (AvgIpc) is 3.76. The van der Waals surface area contributed by atoms with E-state index >= 15 is 0 Å². The van der Waals surface area contributed by atoms with Crippen LogP contribution in [0.3, 0.4) is 0 Å². The number of ether oxygens (including phenoxy) is 2. The van der Waals surface area contributed by atoms with Crippen LogP contribution in [0.2, 0.25) is 0 Å². The maximum atomic E-state index is 13.9. The number of pyridine rings is 1. The minimum Gasteiger partial charge on any atom is -0.482 e. The average molecular weight is 834 g/mol. The summed E-state index contributed by atoms with van der Waals surface area (Å²) in [7, 11) is 1.96. The van der Waals surface area contributed by atoms with Crippen LogP contribution >= 0.6 is 11.3 Å². The largest absolute Gasteiger partial charge is 0.482 e. The van der Waals surface area contributed by atoms with Gasteiger partial charge in [-0.15, -0.1) is 0 Å². The quantitative estimate of drug-likeness (QED) is 0.0828. The van der Waals surface area contributed by atoms with Crippen molar-refractivity contribution in [2.75, 3.05) is 43.6 Å². The third kappa shape index (κ3) is 7.40. The number of likely N-dealkylation sites (N-methyl/N-ethyl adjacent to an activating group) is 1. The Labute approximate surface area is 352 Å². The SMILES string of the molecule is CNCCOC12CC3(C)CC(C)(CC(Cn4ncc(-c5ccc(N6CCc7c(OCC(=O)O)ccc(C(=O)Nc8nc9ccccc9s8)c7C6)nc5C(=O)O)c4C)(C3)C1)C2. The number of rotatable bonds is 14. The van der Waals surface area contributed by atoms with Crippen molar-refractivity contribution in [2.45, 2.75) is 84.4 Å². The van der Waals surface area contributed by atoms with Crippen LogP contribution in [0.1, 0.15) is 90.0 Å². The molecule has 5 aromatic rings. The Morgan fingerprint density at radius 2 is 1.70 bits per heavy atom. The predicted molar refractivity (Wildman–Crippen MR) is 228 cm³/mol. The molecule has 4 aliphatic carbocycles. The van der Waals surface area contributed by atoms with Gasteiger partial charge in [-0.1, -0.05) is 37.3 Å². The van der Waals surface area contributed by atoms with Crippen molar-refractivity contribution in [3.63, 3.8) is 0 Å². The number of para-hydroxylation sites is 1. The van der Waals surface area contributed by atoms with Crippen molar-refractivity contribution in [1.82, 2.24) is 25.1 Å². The Morgan fingerprint density at radius 3 is 2.43 bits per heavy atom. The summed E-state index contributed by atoms with van der Waals surface area (Å²) in [5.41, 5.74) is 4.84. The van der Waals surface area contributed by atoms with Gasteiger partial charge in [0.25, 0.3) is 5.91 Å². The first kappa shape index (κ1) is 40.0. The van der Waals surface area contributed by atoms with Gasteiger partial charge in [-0.2, -0.15) is 5.10 Å². The number of carbonyl (C=O) groups is 3. The lowest BCUT2D eigenvalue weighted by Crippen LogP contribution is -2.64. The zero-order valence-electron chi connectivity index (χ0n) is 34.5. The molecule has 2 aromatic carbocycles. The highest BCUT2D eigenvalue weighted by Gasteiger charge is 2.66. The molecule has 314 valence electrons. The fraction of sp³-hybridized carbons (Fsp3) is 0.467. The second kappa shape index (κ2) is 15.0. The molecule has 0 radical (unpaired) electrons. The van der Waals surface area contributed by atoms with E-state index < -0.39 is 18.5 Å². The van der Waals surface area contributed by atoms with Gasteiger partial charge in [0, 0.05) is 54.1 Å². The molecule has 5 aliphatic rings. The highest BCUT2D eigenvalue weighted by atomic mass is 32.1. The number of fused-ring (bicyclic) bond motifs is 2. The molecule has 0 spiro atoms. The van der Waals surface area contributed by atoms with Crippen LogP contribution in [-0.2, 0) is 29.0 Å². The first-order valence-electron chi connectivity index (χ1n) is 20.6. The summed E-state index contributed by atoms with van der Waals surface area (Å²) in [4.78, 5) is 49.5. The Morgan fingerprint density at radius 1 is 0.917 bits per heavy atom. The van der Waals surface area contributed by atoms with E-state index in [1.807, 2.05) is 49.2 Å². The zero-order valence-corrected chi connectivity index (χ0v) is 35.3. The number of nitrogens with zero attached hydrogens (tertiary/aromatic N) is 5. The molecule has 2 atom stereocenters. The van der Waals surface area contributed by atoms with Crippen LogP contribution in [0.4, 0.5) is 10.9 Å². The number of carboxylic acids is 2. The van der Waals surface area contributed by atoms with Crippen molar-refractivity contribution >= 4 is 50.3 Å². The highest BCUT2D eigenvalue weighted by molar-refractivity contribution is 7.22. The number of aromatic nitrogens is 4. The third-order valence-corrected chi connectivity index (χ3v) is 14.1. The molecule has 4 bridgehead atoms. The highest BCUT2D eigenvalue weighted by Crippen LogP contribution is 2.72. The number of amides is 1. The number of hydrogen-bond acceptors (Lipinski definition) is 11. The Kier molecular flexibility index (Phi) is 9.99. The number of nitrogens with one attached hydrogen (secondary N) is 2. The number of benzene rings is 2. The number of thiazole rings is 1. The normalized spacial score (nSPS) is 25.4. The number of carbonyl (C=O) groups excluding carboxylic acids is 1. The van der Waals surface area contributed by atoms with Crippen molar-refractivity contribution in [3.05, 3.63) is 82.8 Å². The molecule has 4 heterocycles. The van der Waals surface area contributed by atoms with E-state index in [1.54, 1.807) is 24.4 Å². The molecular formula is C45H51N7O7S. The number of aromatic carboxylic acids is 1. The lowest BCUT2D eigenvalue weighted by Gasteiger charge is -2.69. The Bertz CT molecular complexity index is 2480. The van der Waals surface area contributed by atoms with Crippen LogP contribution in [0.5, 0.6) is 5.75 Å². The van der Waals surface area contributed by atoms with E-state index in [1.165, 1.54) is 17.8 Å². The maximum Gasteiger partial charge on any atom is 0.355 e. The number of anilines is 2. The molecule has 14 nitrogen and oxygen atoms in total. The molecule has 10 rings (SSSR count). The first-order chi connectivity index (χ1) is 28.7. The van der Waals surface area contributed by atoms with Crippen LogP contribution in [0, 0.1) is 23.2 Å². The molecule has 4 fully saturated rings. The van der Waals surface area contributed by atoms with Crippen LogP contribution in [-0.4, -0.2) is 86.8 Å². The van der Waals surface area contributed by atoms with Crippen LogP contribution < -0.4 is 20.3 Å². The standard InChI is InChI=1S/C45H51N7O7S/c1-27-31(17-47-52(27)26-44-21-42(2)20-43(3,22-44)24-45(23-42,25-44)59-16-14-46-4)29-10-12-36(49-38(29)40(56)57)51-15-13-28-32(18-51)30(9-11-34(28)58-19-37(53)54)39(55)50-41-48-33-7-5-6-8-35(33)60-41/h5-12,17,46H,13-16,18-26H2,1-4H3,(H,53,54)(H,56,57)(H,48,50,55). The topological polar surface area (TPSA) is 181 Å². The van der Waals surface area contributed by atoms with E-state index in [0.29, 0.717) is 53.0 Å². The molecule has 15 heteroatoms. The number of aliphatic carboxylic acids is 1. The minimum absolute atomic E-state index is 0.0247. The number of carboxylic acid groups (broad SMARTS) is 2. The van der Waals surface area contributed by atoms with Crippen molar-refractivity contribution in [2.24, 2.45) is 16.2 Å². The Hall–Kier alpha value is -5.38. The van der Waals surface area contributed by atoms with Gasteiger partial charge in [0.2, 0.25) is 0 Å². The lowest BCUT2D eigenvalue weighted by molar-refractivity contribution is -0.247. The predicted octanol–water partition coefficient (Wildman–Crippen LogP) is 7.20. The van der Waals surface area contributed by atoms with Gasteiger partial charge in [0.15, 0.2) is 17.4 Å². The number of hydrogen-bond donors (Lipinski definition) is 4. The van der Waals surface area contributed by atoms with Gasteiger partial charge >= 0.3 is 11.9 Å². The third-order valence-electron chi connectivity index (χ3n) is 13.2. The summed E-state index contributed by atoms with van der Waals surface area (Å²) in [5.74, 6) is -1.80. The summed E-state index contributed by atoms with van der Waals surface area (Å²) in [6.45, 7) is 9.27. The monoisotopic (exact) mass is 833 g/mol. The van der Waals surface area contributed by atoms with Gasteiger partial charge in [-0.3, -0.25) is 14.8 Å². The first-order valence-corrected chi connectivity index (χ1v) is 21.5. The van der Waals surface area contributed by atoms with Gasteiger partial charge < -0.3 is 29.9 Å². The molecular weight excluding hydrogens is 783 g/mol. The van der Waals surface area contributed by atoms with Gasteiger partial charge in [-0.05, 0) is 117 Å². The van der Waals surface area contributed by atoms with Crippen molar-refractivity contribution in [1.29, 1.82) is 0 Å². The van der Waals surface area contributed by atoms with Crippen molar-refractivity contribution in [3.8, 4) is 16.9 Å². The van der Waals surface area contributed by atoms with Gasteiger partial charge in [-0.25, -0.2) is 19.6 Å². The summed E-state index contributed by atoms with van der Waals surface area (Å²) in [5, 5.41) is 31.5. The zero-order chi connectivity index (χ0) is 42.0. The summed E-state index contributed by atoms with van der Waals surface area (Å²) < 4.78 is 15.4. The molecule has 1 amide bonds. The Balaban J connectivity index is 0.991. The second-order valence-electron chi connectivity index (χ2n) is 18.4. The maximum absolute atomic E-state index is 13.9. The summed E-state index contributed by atoms with van der Waals surface area (Å²) in [6, 6.07) is 14.5. The van der Waals surface area contributed by atoms with E-state index in [-0.39, 0.29) is 40.0 Å². The van der Waals surface area contributed by atoms with E-state index in [0.717, 1.165) is 72.2 Å². The fourth-order valence-electron chi connectivity index (χ4n) is 12.1. The molecule has 1 aliphatic heterocycles. The minimum atomic E-state index is -1.15. The van der Waals surface area contributed by atoms with E-state index in [9.17, 15) is 24.6 Å². The lowest BCUT2D eigenvalue weighted by atomic mass is 9.39. The smallest absolute Gasteiger partial charge is 0.355 e. The van der Waals surface area contributed by atoms with Crippen LogP contribution in [0.15, 0.2) is 54.7 Å². The van der Waals surface area contributed by atoms with E-state index in [2.05, 4.69) is 34.1 Å². The van der Waals surface area contributed by atoms with Gasteiger partial charge in [0.1, 0.15) is 11.6 Å².